The van der Waals surface area contributed by atoms with Gasteiger partial charge in [0.1, 0.15) is 119 Å². The fourth-order valence-corrected chi connectivity index (χ4v) is 12.8. The molecule has 0 aromatic heterocycles. The van der Waals surface area contributed by atoms with Crippen LogP contribution in [-0.4, -0.2) is 276 Å². The Morgan fingerprint density at radius 1 is 0.390 bits per heavy atom. The van der Waals surface area contributed by atoms with Crippen molar-refractivity contribution in [3.8, 4) is 0 Å². The van der Waals surface area contributed by atoms with E-state index in [0.717, 1.165) is 14.7 Å². The lowest BCUT2D eigenvalue weighted by atomic mass is 10.1. The maximum absolute atomic E-state index is 15.0. The third kappa shape index (κ3) is 32.3. The van der Waals surface area contributed by atoms with Gasteiger partial charge in [0.25, 0.3) is 0 Å². The van der Waals surface area contributed by atoms with E-state index >= 15 is 9.59 Å². The van der Waals surface area contributed by atoms with Crippen molar-refractivity contribution in [2.45, 2.75) is 164 Å². The van der Waals surface area contributed by atoms with Gasteiger partial charge in [0, 0.05) is 32.7 Å². The van der Waals surface area contributed by atoms with E-state index in [2.05, 4.69) is 58.5 Å². The van der Waals surface area contributed by atoms with E-state index in [1.165, 1.54) is 6.92 Å². The largest absolute Gasteiger partial charge is 0.480 e. The Hall–Kier alpha value is -13.9. The third-order valence-corrected chi connectivity index (χ3v) is 19.2. The lowest BCUT2D eigenvalue weighted by molar-refractivity contribution is -0.160. The number of likely N-dealkylation sites (tertiary alicyclic amines) is 3. The van der Waals surface area contributed by atoms with Crippen LogP contribution < -0.4 is 70.0 Å². The maximum Gasteiger partial charge on any atom is 0.408 e. The summed E-state index contributed by atoms with van der Waals surface area (Å²) in [5, 5.41) is 71.5. The summed E-state index contributed by atoms with van der Waals surface area (Å²) < 4.78 is 38.1. The SMILES string of the molecule is C[C@H](NC(=O)OCc1ccccc1)C(=O)N[C@@H](COC(=O)[C@@H]1CCCN1C(=O)[C@H](CO)NC(=O)[C@H](CO)NC(=O)OCc1ccccc1)C(=O)N1CCC[C@H]1C(=O)OC[C@H](NC(=O)CNC(=O)OCc1ccccc1)C(=O)N1CCC[C@H]1C(=O)OC[C@H](NC(=O)OCc1ccccc1)C(=O)N[C@@H](CCCNC(=N)N)C(=O)N[C@@H](CCCNC(=N)N)C(=O)O. The molecule has 44 heteroatoms. The first kappa shape index (κ1) is 96.2. The number of alkyl carbamates (subject to hydrolysis) is 4. The van der Waals surface area contributed by atoms with Gasteiger partial charge in [-0.05, 0) is 93.4 Å². The Bertz CT molecular complexity index is 4300. The van der Waals surface area contributed by atoms with Crippen LogP contribution in [-0.2, 0) is 117 Å². The highest BCUT2D eigenvalue weighted by Gasteiger charge is 2.45. The van der Waals surface area contributed by atoms with Gasteiger partial charge >= 0.3 is 48.3 Å². The molecule has 3 aliphatic heterocycles. The van der Waals surface area contributed by atoms with Gasteiger partial charge in [-0.1, -0.05) is 121 Å². The van der Waals surface area contributed by atoms with Gasteiger partial charge in [-0.2, -0.15) is 0 Å². The topological polar surface area (TPSA) is 640 Å². The number of nitrogens with zero attached hydrogens (tertiary/aromatic N) is 3. The standard InChI is InChI=1S/C79H104N18O26/c1-47(87-77(114)121-41-49-21-8-3-9-22-49)63(101)92-58(46-119-72(111)59-29-16-34-95(59)67(105)55(39-99)91-65(103)54(38-98)93-78(115)122-42-50-23-10-4-11-24-50)69(107)97-36-18-31-61(97)73(112)118-45-57(88-62(100)37-86-76(113)120-40-48-19-6-2-7-20-48)68(106)96-35-17-30-60(96)71(110)117-44-56(94-79(116)123-43-51-25-12-5-13-26-51)66(104)89-52(27-14-32-84-74(80)81)64(102)90-53(70(108)109)28-15-33-85-75(82)83/h2-13,19-26,47,52-61,98-99H,14-18,27-46H2,1H3,(H,86,113)(H,87,114)(H,88,100)(H,89,104)(H,90,102)(H,91,103)(H,92,101)(H,93,115)(H,94,116)(H,108,109)(H4,80,81,84)(H4,82,83,85)/t47-,52-,53-,54-,55-,56-,57-,58-,59-,60-,61-/m0/s1. The van der Waals surface area contributed by atoms with E-state index in [0.29, 0.717) is 22.3 Å². The summed E-state index contributed by atoms with van der Waals surface area (Å²) in [6, 6.07) is 15.3. The Labute approximate surface area is 705 Å². The second kappa shape index (κ2) is 50.2. The molecule has 3 saturated heterocycles. The van der Waals surface area contributed by atoms with Gasteiger partial charge in [-0.25, -0.2) is 38.4 Å². The van der Waals surface area contributed by atoms with Crippen molar-refractivity contribution in [3.05, 3.63) is 144 Å². The van der Waals surface area contributed by atoms with Crippen LogP contribution in [0.2, 0.25) is 0 Å². The number of rotatable bonds is 45. The Kier molecular flexibility index (Phi) is 39.3. The summed E-state index contributed by atoms with van der Waals surface area (Å²) in [6.07, 6.45) is -4.80. The number of aliphatic hydroxyl groups excluding tert-OH is 2. The number of carboxylic acid groups (broad SMARTS) is 1. The van der Waals surface area contributed by atoms with Crippen molar-refractivity contribution >= 4 is 107 Å². The molecule has 0 bridgehead atoms. The Morgan fingerprint density at radius 3 is 1.11 bits per heavy atom. The van der Waals surface area contributed by atoms with Gasteiger partial charge < -0.3 is 133 Å². The summed E-state index contributed by atoms with van der Waals surface area (Å²) in [6.45, 7) is -6.28. The molecule has 3 aliphatic rings. The van der Waals surface area contributed by atoms with Crippen LogP contribution in [0.25, 0.3) is 0 Å². The number of amides is 12. The van der Waals surface area contributed by atoms with Crippen molar-refractivity contribution in [1.82, 2.24) is 73.2 Å². The number of guanidine groups is 2. The van der Waals surface area contributed by atoms with Crippen molar-refractivity contribution < 1.29 is 125 Å². The zero-order valence-electron chi connectivity index (χ0n) is 67.3. The molecule has 123 heavy (non-hydrogen) atoms. The number of benzene rings is 4. The second-order valence-electron chi connectivity index (χ2n) is 28.4. The number of aliphatic hydroxyl groups is 2. The molecule has 666 valence electrons. The Morgan fingerprint density at radius 2 is 0.715 bits per heavy atom. The summed E-state index contributed by atoms with van der Waals surface area (Å²) in [5.74, 6) is -14.5. The molecule has 0 unspecified atom stereocenters. The molecule has 3 heterocycles. The van der Waals surface area contributed by atoms with E-state index in [4.69, 9.17) is 55.4 Å². The molecule has 12 amide bonds. The smallest absolute Gasteiger partial charge is 0.408 e. The first-order valence-corrected chi connectivity index (χ1v) is 39.4. The molecule has 0 spiro atoms. The summed E-state index contributed by atoms with van der Waals surface area (Å²) in [5.41, 5.74) is 13.1. The van der Waals surface area contributed by atoms with E-state index < -0.39 is 208 Å². The summed E-state index contributed by atoms with van der Waals surface area (Å²) in [4.78, 5) is 224. The van der Waals surface area contributed by atoms with Crippen LogP contribution in [0.15, 0.2) is 121 Å². The van der Waals surface area contributed by atoms with Crippen molar-refractivity contribution in [3.63, 3.8) is 0 Å². The molecule has 3 fully saturated rings. The Balaban J connectivity index is 1.09. The number of carbonyl (C=O) groups is 16. The lowest BCUT2D eigenvalue weighted by Crippen LogP contribution is -2.58. The molecule has 20 N–H and O–H groups in total. The number of carbonyl (C=O) groups excluding carboxylic acids is 15. The molecule has 4 aromatic carbocycles. The fourth-order valence-electron chi connectivity index (χ4n) is 12.8. The first-order valence-electron chi connectivity index (χ1n) is 39.4. The number of nitrogens with one attached hydrogen (secondary N) is 13. The molecule has 4 aromatic rings. The van der Waals surface area contributed by atoms with Crippen LogP contribution >= 0.6 is 0 Å². The van der Waals surface area contributed by atoms with Gasteiger partial charge in [0.05, 0.1) is 13.2 Å². The predicted molar refractivity (Wildman–Crippen MR) is 428 cm³/mol. The highest BCUT2D eigenvalue weighted by molar-refractivity contribution is 5.97. The van der Waals surface area contributed by atoms with Gasteiger partial charge in [-0.15, -0.1) is 0 Å². The van der Waals surface area contributed by atoms with Gasteiger partial charge in [-0.3, -0.25) is 49.2 Å². The number of carboxylic acids is 1. The zero-order valence-corrected chi connectivity index (χ0v) is 67.3. The van der Waals surface area contributed by atoms with Crippen LogP contribution in [0.3, 0.4) is 0 Å². The minimum absolute atomic E-state index is 0.0139. The predicted octanol–water partition coefficient (Wildman–Crippen LogP) is -2.56. The summed E-state index contributed by atoms with van der Waals surface area (Å²) >= 11 is 0. The highest BCUT2D eigenvalue weighted by atomic mass is 16.6. The average molecular weight is 1720 g/mol. The molecule has 11 atom stereocenters. The minimum atomic E-state index is -1.94. The van der Waals surface area contributed by atoms with Crippen molar-refractivity contribution in [2.75, 3.05) is 72.3 Å². The molecule has 0 aliphatic carbocycles. The van der Waals surface area contributed by atoms with Crippen LogP contribution in [0.5, 0.6) is 0 Å². The average Bonchev–Trinajstić information content (AvgIpc) is 1.73. The quantitative estimate of drug-likeness (QED) is 0.00712. The number of nitrogens with two attached hydrogens (primary N) is 2. The van der Waals surface area contributed by atoms with Crippen molar-refractivity contribution in [2.24, 2.45) is 11.5 Å². The number of esters is 3. The number of hydrogen-bond donors (Lipinski definition) is 18. The number of ether oxygens (including phenoxy) is 7. The molecular formula is C79H104N18O26. The minimum Gasteiger partial charge on any atom is -0.480 e. The number of hydrogen-bond acceptors (Lipinski definition) is 27. The van der Waals surface area contributed by atoms with E-state index in [9.17, 15) is 82.4 Å². The lowest BCUT2D eigenvalue weighted by Gasteiger charge is -2.31. The molecular weight excluding hydrogens is 1620 g/mol. The van der Waals surface area contributed by atoms with Gasteiger partial charge in [0.15, 0.2) is 11.9 Å². The number of aliphatic carboxylic acids is 1. The fraction of sp³-hybridized carbons (Fsp3) is 0.468. The highest BCUT2D eigenvalue weighted by Crippen LogP contribution is 2.25. The normalized spacial score (nSPS) is 16.4. The molecule has 44 nitrogen and oxygen atoms in total. The molecule has 0 saturated carbocycles. The monoisotopic (exact) mass is 1720 g/mol. The zero-order chi connectivity index (χ0) is 89.3. The van der Waals surface area contributed by atoms with E-state index in [-0.39, 0.29) is 129 Å². The molecule has 0 radical (unpaired) electrons. The van der Waals surface area contributed by atoms with E-state index in [1.54, 1.807) is 121 Å². The van der Waals surface area contributed by atoms with Crippen LogP contribution in [0.4, 0.5) is 19.2 Å². The maximum atomic E-state index is 15.0. The van der Waals surface area contributed by atoms with E-state index in [1.807, 2.05) is 0 Å². The third-order valence-electron chi connectivity index (χ3n) is 19.2. The first-order chi connectivity index (χ1) is 59.0. The van der Waals surface area contributed by atoms with Crippen molar-refractivity contribution in [1.29, 1.82) is 10.8 Å². The molecule has 7 rings (SSSR count). The van der Waals surface area contributed by atoms with Crippen LogP contribution in [0, 0.1) is 10.8 Å². The second-order valence-corrected chi connectivity index (χ2v) is 28.4. The summed E-state index contributed by atoms with van der Waals surface area (Å²) in [7, 11) is 0. The van der Waals surface area contributed by atoms with Crippen LogP contribution in [0.1, 0.15) is 93.4 Å². The van der Waals surface area contributed by atoms with Gasteiger partial charge in [0.2, 0.25) is 47.3 Å².